The van der Waals surface area contributed by atoms with Gasteiger partial charge in [-0.3, -0.25) is 4.79 Å². The van der Waals surface area contributed by atoms with E-state index in [-0.39, 0.29) is 23.9 Å². The molecule has 1 amide bonds. The van der Waals surface area contributed by atoms with Gasteiger partial charge in [0.25, 0.3) is 0 Å². The normalized spacial score (nSPS) is 11.4. The Morgan fingerprint density at radius 1 is 1.41 bits per heavy atom. The molecule has 0 aliphatic carbocycles. The standard InChI is InChI=1S/C12H14ClF2NO/c1-12(2,7-13)11(17)16-6-8-3-4-9(14)5-10(8)15/h3-5H,6-7H2,1-2H3,(H,16,17). The third kappa shape index (κ3) is 3.66. The van der Waals surface area contributed by atoms with Gasteiger partial charge in [-0.2, -0.15) is 0 Å². The summed E-state index contributed by atoms with van der Waals surface area (Å²) in [6.07, 6.45) is 0. The van der Waals surface area contributed by atoms with E-state index in [0.717, 1.165) is 12.1 Å². The molecule has 0 unspecified atom stereocenters. The van der Waals surface area contributed by atoms with Crippen LogP contribution in [-0.2, 0) is 11.3 Å². The highest BCUT2D eigenvalue weighted by molar-refractivity contribution is 6.19. The van der Waals surface area contributed by atoms with Crippen molar-refractivity contribution < 1.29 is 13.6 Å². The molecule has 0 atom stereocenters. The molecule has 0 saturated carbocycles. The molecule has 0 aromatic heterocycles. The van der Waals surface area contributed by atoms with Crippen molar-refractivity contribution in [1.29, 1.82) is 0 Å². The van der Waals surface area contributed by atoms with Gasteiger partial charge in [0.2, 0.25) is 5.91 Å². The minimum Gasteiger partial charge on any atom is -0.351 e. The number of hydrogen-bond acceptors (Lipinski definition) is 1. The van der Waals surface area contributed by atoms with Crippen LogP contribution in [0.25, 0.3) is 0 Å². The molecule has 5 heteroatoms. The molecule has 0 fully saturated rings. The number of halogens is 3. The number of carbonyl (C=O) groups excluding carboxylic acids is 1. The first-order valence-electron chi connectivity index (χ1n) is 5.15. The zero-order chi connectivity index (χ0) is 13.1. The van der Waals surface area contributed by atoms with Gasteiger partial charge in [-0.15, -0.1) is 11.6 Å². The van der Waals surface area contributed by atoms with Gasteiger partial charge >= 0.3 is 0 Å². The summed E-state index contributed by atoms with van der Waals surface area (Å²) in [7, 11) is 0. The highest BCUT2D eigenvalue weighted by atomic mass is 35.5. The summed E-state index contributed by atoms with van der Waals surface area (Å²) < 4.78 is 25.9. The van der Waals surface area contributed by atoms with Crippen LogP contribution in [0.5, 0.6) is 0 Å². The van der Waals surface area contributed by atoms with Gasteiger partial charge in [0.15, 0.2) is 0 Å². The van der Waals surface area contributed by atoms with Crippen molar-refractivity contribution in [3.8, 4) is 0 Å². The maximum absolute atomic E-state index is 13.3. The summed E-state index contributed by atoms with van der Waals surface area (Å²) in [5.74, 6) is -1.41. The average molecular weight is 262 g/mol. The van der Waals surface area contributed by atoms with Crippen LogP contribution in [0, 0.1) is 17.0 Å². The van der Waals surface area contributed by atoms with Gasteiger partial charge in [0.05, 0.1) is 5.41 Å². The van der Waals surface area contributed by atoms with Gasteiger partial charge in [-0.1, -0.05) is 6.07 Å². The first-order valence-corrected chi connectivity index (χ1v) is 5.68. The Kier molecular flexibility index (Phi) is 4.46. The van der Waals surface area contributed by atoms with Crippen LogP contribution < -0.4 is 5.32 Å². The lowest BCUT2D eigenvalue weighted by Gasteiger charge is -2.20. The van der Waals surface area contributed by atoms with Crippen LogP contribution in [0.3, 0.4) is 0 Å². The molecule has 0 saturated heterocycles. The molecule has 17 heavy (non-hydrogen) atoms. The third-order valence-electron chi connectivity index (χ3n) is 2.40. The molecule has 0 aliphatic rings. The number of benzene rings is 1. The summed E-state index contributed by atoms with van der Waals surface area (Å²) >= 11 is 5.64. The third-order valence-corrected chi connectivity index (χ3v) is 3.07. The fourth-order valence-electron chi connectivity index (χ4n) is 1.14. The first-order chi connectivity index (χ1) is 7.86. The van der Waals surface area contributed by atoms with E-state index in [2.05, 4.69) is 5.32 Å². The molecule has 2 nitrogen and oxygen atoms in total. The Hall–Kier alpha value is -1.16. The summed E-state index contributed by atoms with van der Waals surface area (Å²) in [6, 6.07) is 3.24. The van der Waals surface area contributed by atoms with Gasteiger partial charge in [-0.25, -0.2) is 8.78 Å². The van der Waals surface area contributed by atoms with Gasteiger partial charge in [0, 0.05) is 24.1 Å². The molecule has 0 aliphatic heterocycles. The topological polar surface area (TPSA) is 29.1 Å². The van der Waals surface area contributed by atoms with Crippen LogP contribution in [-0.4, -0.2) is 11.8 Å². The number of hydrogen-bond donors (Lipinski definition) is 1. The zero-order valence-electron chi connectivity index (χ0n) is 9.69. The van der Waals surface area contributed by atoms with Gasteiger partial charge in [0.1, 0.15) is 11.6 Å². The number of nitrogens with one attached hydrogen (secondary N) is 1. The maximum Gasteiger partial charge on any atom is 0.227 e. The van der Waals surface area contributed by atoms with Gasteiger partial charge in [-0.05, 0) is 19.9 Å². The Bertz CT molecular complexity index is 421. The van der Waals surface area contributed by atoms with Gasteiger partial charge < -0.3 is 5.32 Å². The van der Waals surface area contributed by atoms with E-state index in [9.17, 15) is 13.6 Å². The van der Waals surface area contributed by atoms with Crippen molar-refractivity contribution in [3.05, 3.63) is 35.4 Å². The van der Waals surface area contributed by atoms with E-state index >= 15 is 0 Å². The molecule has 0 radical (unpaired) electrons. The monoisotopic (exact) mass is 261 g/mol. The molecule has 0 heterocycles. The summed E-state index contributed by atoms with van der Waals surface area (Å²) in [4.78, 5) is 11.7. The Labute approximate surface area is 104 Å². The Morgan fingerprint density at radius 3 is 2.59 bits per heavy atom. The Morgan fingerprint density at radius 2 is 2.06 bits per heavy atom. The van der Waals surface area contributed by atoms with Crippen LogP contribution in [0.2, 0.25) is 0 Å². The molecule has 1 rings (SSSR count). The fourth-order valence-corrected chi connectivity index (χ4v) is 1.26. The van der Waals surface area contributed by atoms with E-state index in [0.29, 0.717) is 0 Å². The minimum absolute atomic E-state index is 0.0191. The molecule has 1 aromatic carbocycles. The quantitative estimate of drug-likeness (QED) is 0.830. The molecule has 1 N–H and O–H groups in total. The lowest BCUT2D eigenvalue weighted by Crippen LogP contribution is -2.37. The lowest BCUT2D eigenvalue weighted by atomic mass is 9.95. The first kappa shape index (κ1) is 13.9. The molecule has 1 aromatic rings. The highest BCUT2D eigenvalue weighted by Crippen LogP contribution is 2.17. The second kappa shape index (κ2) is 5.45. The lowest BCUT2D eigenvalue weighted by molar-refractivity contribution is -0.128. The largest absolute Gasteiger partial charge is 0.351 e. The number of amides is 1. The zero-order valence-corrected chi connectivity index (χ0v) is 10.4. The van der Waals surface area contributed by atoms with E-state index in [1.807, 2.05) is 0 Å². The molecule has 0 spiro atoms. The predicted molar refractivity (Wildman–Crippen MR) is 62.7 cm³/mol. The maximum atomic E-state index is 13.3. The number of alkyl halides is 1. The second-order valence-electron chi connectivity index (χ2n) is 4.44. The SMILES string of the molecule is CC(C)(CCl)C(=O)NCc1ccc(F)cc1F. The minimum atomic E-state index is -0.710. The predicted octanol–water partition coefficient (Wildman–Crippen LogP) is 2.85. The summed E-state index contributed by atoms with van der Waals surface area (Å²) in [5.41, 5.74) is -0.469. The van der Waals surface area contributed by atoms with E-state index in [1.54, 1.807) is 13.8 Å². The van der Waals surface area contributed by atoms with Crippen molar-refractivity contribution in [2.45, 2.75) is 20.4 Å². The van der Waals surface area contributed by atoms with Crippen molar-refractivity contribution in [2.24, 2.45) is 5.41 Å². The van der Waals surface area contributed by atoms with Crippen molar-refractivity contribution in [3.63, 3.8) is 0 Å². The number of rotatable bonds is 4. The number of carbonyl (C=O) groups is 1. The van der Waals surface area contributed by atoms with Crippen LogP contribution in [0.4, 0.5) is 8.78 Å². The fraction of sp³-hybridized carbons (Fsp3) is 0.417. The van der Waals surface area contributed by atoms with Crippen LogP contribution in [0.15, 0.2) is 18.2 Å². The molecular weight excluding hydrogens is 248 g/mol. The van der Waals surface area contributed by atoms with Crippen LogP contribution >= 0.6 is 11.6 Å². The van der Waals surface area contributed by atoms with E-state index in [4.69, 9.17) is 11.6 Å². The average Bonchev–Trinajstić information content (AvgIpc) is 2.27. The molecule has 0 bridgehead atoms. The Balaban J connectivity index is 2.65. The second-order valence-corrected chi connectivity index (χ2v) is 4.70. The van der Waals surface area contributed by atoms with Crippen molar-refractivity contribution in [2.75, 3.05) is 5.88 Å². The molecular formula is C12H14ClF2NO. The highest BCUT2D eigenvalue weighted by Gasteiger charge is 2.26. The van der Waals surface area contributed by atoms with E-state index < -0.39 is 17.0 Å². The van der Waals surface area contributed by atoms with Crippen LogP contribution in [0.1, 0.15) is 19.4 Å². The van der Waals surface area contributed by atoms with Crippen molar-refractivity contribution in [1.82, 2.24) is 5.32 Å². The van der Waals surface area contributed by atoms with Crippen molar-refractivity contribution >= 4 is 17.5 Å². The molecule has 94 valence electrons. The van der Waals surface area contributed by atoms with E-state index in [1.165, 1.54) is 6.07 Å². The summed E-state index contributed by atoms with van der Waals surface area (Å²) in [5, 5.41) is 2.56. The summed E-state index contributed by atoms with van der Waals surface area (Å²) in [6.45, 7) is 3.40. The smallest absolute Gasteiger partial charge is 0.227 e.